The zero-order chi connectivity index (χ0) is 14.3. The Labute approximate surface area is 116 Å². The van der Waals surface area contributed by atoms with Crippen molar-refractivity contribution in [3.8, 4) is 0 Å². The fraction of sp³-hybridized carbons (Fsp3) is 0.308. The van der Waals surface area contributed by atoms with Crippen LogP contribution >= 0.6 is 15.9 Å². The van der Waals surface area contributed by atoms with Gasteiger partial charge in [-0.25, -0.2) is 0 Å². The Morgan fingerprint density at radius 2 is 2.16 bits per heavy atom. The lowest BCUT2D eigenvalue weighted by Crippen LogP contribution is -2.43. The van der Waals surface area contributed by atoms with Gasteiger partial charge in [0.25, 0.3) is 0 Å². The zero-order valence-electron chi connectivity index (χ0n) is 9.76. The normalized spacial score (nSPS) is 22.4. The van der Waals surface area contributed by atoms with E-state index in [0.717, 1.165) is 0 Å². The minimum atomic E-state index is -4.86. The van der Waals surface area contributed by atoms with Crippen molar-refractivity contribution in [1.29, 1.82) is 0 Å². The van der Waals surface area contributed by atoms with Gasteiger partial charge >= 0.3 is 6.36 Å². The zero-order valence-corrected chi connectivity index (χ0v) is 11.3. The number of halogens is 4. The molecule has 102 valence electrons. The van der Waals surface area contributed by atoms with E-state index >= 15 is 0 Å². The molecule has 0 fully saturated rings. The number of hydrogen-bond donors (Lipinski definition) is 0. The molecule has 0 saturated heterocycles. The van der Waals surface area contributed by atoms with Crippen LogP contribution in [0.2, 0.25) is 0 Å². The molecule has 0 heterocycles. The van der Waals surface area contributed by atoms with Crippen molar-refractivity contribution >= 4 is 21.7 Å². The Bertz CT molecular complexity index is 539. The van der Waals surface area contributed by atoms with Crippen molar-refractivity contribution in [2.75, 3.05) is 0 Å². The van der Waals surface area contributed by atoms with Crippen LogP contribution in [0, 0.1) is 0 Å². The molecule has 19 heavy (non-hydrogen) atoms. The maximum atomic E-state index is 12.5. The minimum Gasteiger partial charge on any atom is -0.291 e. The van der Waals surface area contributed by atoms with Crippen molar-refractivity contribution < 1.29 is 22.7 Å². The lowest BCUT2D eigenvalue weighted by Gasteiger charge is -2.27. The summed E-state index contributed by atoms with van der Waals surface area (Å²) < 4.78 is 42.4. The first-order valence-electron chi connectivity index (χ1n) is 5.48. The van der Waals surface area contributed by atoms with E-state index in [1.807, 2.05) is 0 Å². The molecule has 0 aromatic heterocycles. The summed E-state index contributed by atoms with van der Waals surface area (Å²) in [6.07, 6.45) is -3.88. The van der Waals surface area contributed by atoms with E-state index in [0.29, 0.717) is 10.0 Å². The van der Waals surface area contributed by atoms with Crippen molar-refractivity contribution in [2.24, 2.45) is 0 Å². The number of hydrogen-bond acceptors (Lipinski definition) is 2. The third-order valence-corrected chi connectivity index (χ3v) is 3.48. The predicted octanol–water partition coefficient (Wildman–Crippen LogP) is 4.04. The number of fused-ring (bicyclic) bond motifs is 1. The van der Waals surface area contributed by atoms with Crippen LogP contribution in [-0.4, -0.2) is 17.7 Å². The predicted molar refractivity (Wildman–Crippen MR) is 66.9 cm³/mol. The number of carbonyl (C=O) groups excluding carboxylic acids is 1. The molecule has 2 rings (SSSR count). The molecule has 0 aliphatic heterocycles. The first kappa shape index (κ1) is 14.3. The minimum absolute atomic E-state index is 0.105. The number of benzene rings is 1. The monoisotopic (exact) mass is 334 g/mol. The van der Waals surface area contributed by atoms with E-state index in [1.54, 1.807) is 12.1 Å². The van der Waals surface area contributed by atoms with Crippen molar-refractivity contribution in [3.05, 3.63) is 46.5 Å². The maximum absolute atomic E-state index is 12.5. The quantitative estimate of drug-likeness (QED) is 0.780. The van der Waals surface area contributed by atoms with E-state index in [4.69, 9.17) is 0 Å². The van der Waals surface area contributed by atoms with Crippen LogP contribution in [0.15, 0.2) is 35.3 Å². The molecule has 0 saturated carbocycles. The summed E-state index contributed by atoms with van der Waals surface area (Å²) in [6, 6.07) is 4.76. The van der Waals surface area contributed by atoms with Crippen LogP contribution in [-0.2, 0) is 11.2 Å². The van der Waals surface area contributed by atoms with Gasteiger partial charge in [0.1, 0.15) is 5.60 Å². The van der Waals surface area contributed by atoms with E-state index in [1.165, 1.54) is 12.1 Å². The Kier molecular flexibility index (Phi) is 3.57. The maximum Gasteiger partial charge on any atom is 0.523 e. The molecule has 1 aromatic rings. The third kappa shape index (κ3) is 2.74. The lowest BCUT2D eigenvalue weighted by atomic mass is 9.94. The molecular weight excluding hydrogens is 325 g/mol. The summed E-state index contributed by atoms with van der Waals surface area (Å²) in [4.78, 5) is 12.2. The molecule has 0 amide bonds. The number of alkyl halides is 3. The summed E-state index contributed by atoms with van der Waals surface area (Å²) in [7, 11) is 0. The summed E-state index contributed by atoms with van der Waals surface area (Å²) in [5, 5.41) is 0. The van der Waals surface area contributed by atoms with E-state index < -0.39 is 17.7 Å². The molecule has 0 bridgehead atoms. The highest BCUT2D eigenvalue weighted by atomic mass is 79.9. The number of ketones is 1. The van der Waals surface area contributed by atoms with Crippen LogP contribution in [0.5, 0.6) is 0 Å². The van der Waals surface area contributed by atoms with E-state index in [9.17, 15) is 18.0 Å². The van der Waals surface area contributed by atoms with Gasteiger partial charge in [-0.15, -0.1) is 19.8 Å². The molecule has 1 unspecified atom stereocenters. The molecule has 1 aliphatic carbocycles. The Balaban J connectivity index is 2.44. The van der Waals surface area contributed by atoms with Gasteiger partial charge in [-0.1, -0.05) is 22.0 Å². The summed E-state index contributed by atoms with van der Waals surface area (Å²) >= 11 is 3.23. The van der Waals surface area contributed by atoms with Gasteiger partial charge in [0.15, 0.2) is 5.78 Å². The Hall–Kier alpha value is -1.14. The summed E-state index contributed by atoms with van der Waals surface area (Å²) in [6.45, 7) is 3.41. The lowest BCUT2D eigenvalue weighted by molar-refractivity contribution is -0.355. The summed E-state index contributed by atoms with van der Waals surface area (Å²) in [5.74, 6) is -0.646. The average molecular weight is 335 g/mol. The van der Waals surface area contributed by atoms with Gasteiger partial charge < -0.3 is 0 Å². The molecule has 6 heteroatoms. The second-order valence-electron chi connectivity index (χ2n) is 4.34. The van der Waals surface area contributed by atoms with Crippen LogP contribution in [0.3, 0.4) is 0 Å². The fourth-order valence-corrected chi connectivity index (χ4v) is 2.72. The molecule has 1 aliphatic rings. The first-order valence-corrected chi connectivity index (χ1v) is 6.28. The largest absolute Gasteiger partial charge is 0.523 e. The number of ether oxygens (including phenoxy) is 1. The van der Waals surface area contributed by atoms with E-state index in [2.05, 4.69) is 27.2 Å². The van der Waals surface area contributed by atoms with E-state index in [-0.39, 0.29) is 18.4 Å². The highest BCUT2D eigenvalue weighted by Gasteiger charge is 2.52. The summed E-state index contributed by atoms with van der Waals surface area (Å²) in [5.41, 5.74) is -1.09. The van der Waals surface area contributed by atoms with Gasteiger partial charge in [-0.2, -0.15) is 0 Å². The number of Topliss-reactive ketones (excluding diaryl/α,β-unsaturated/α-hetero) is 1. The molecule has 2 nitrogen and oxygen atoms in total. The molecule has 0 N–H and O–H groups in total. The molecular formula is C13H10BrF3O2. The van der Waals surface area contributed by atoms with Gasteiger partial charge in [0.2, 0.25) is 0 Å². The van der Waals surface area contributed by atoms with Crippen LogP contribution in [0.1, 0.15) is 22.3 Å². The number of carbonyl (C=O) groups is 1. The van der Waals surface area contributed by atoms with Crippen LogP contribution in [0.25, 0.3) is 0 Å². The van der Waals surface area contributed by atoms with Crippen LogP contribution < -0.4 is 0 Å². The smallest absolute Gasteiger partial charge is 0.291 e. The van der Waals surface area contributed by atoms with Crippen molar-refractivity contribution in [2.45, 2.75) is 24.8 Å². The fourth-order valence-electron chi connectivity index (χ4n) is 2.31. The van der Waals surface area contributed by atoms with Gasteiger partial charge in [-0.05, 0) is 23.8 Å². The molecule has 1 atom stereocenters. The SMILES string of the molecule is C=CCC1(OC(F)(F)F)Cc2cc(Br)ccc2C1=O. The second-order valence-corrected chi connectivity index (χ2v) is 5.26. The van der Waals surface area contributed by atoms with Gasteiger partial charge in [0, 0.05) is 22.9 Å². The van der Waals surface area contributed by atoms with Crippen LogP contribution in [0.4, 0.5) is 13.2 Å². The third-order valence-electron chi connectivity index (χ3n) is 2.99. The number of rotatable bonds is 3. The topological polar surface area (TPSA) is 26.3 Å². The van der Waals surface area contributed by atoms with Gasteiger partial charge in [0.05, 0.1) is 0 Å². The molecule has 0 spiro atoms. The highest BCUT2D eigenvalue weighted by molar-refractivity contribution is 9.10. The Morgan fingerprint density at radius 3 is 2.74 bits per heavy atom. The molecule has 0 radical (unpaired) electrons. The standard InChI is InChI=1S/C13H10BrF3O2/c1-2-5-12(19-13(15,16)17)7-8-6-9(14)3-4-10(8)11(12)18/h2-4,6H,1,5,7H2. The Morgan fingerprint density at radius 1 is 1.47 bits per heavy atom. The average Bonchev–Trinajstić information content (AvgIpc) is 2.49. The highest BCUT2D eigenvalue weighted by Crippen LogP contribution is 2.40. The van der Waals surface area contributed by atoms with Crippen molar-refractivity contribution in [1.82, 2.24) is 0 Å². The second kappa shape index (κ2) is 4.76. The first-order chi connectivity index (χ1) is 8.77. The van der Waals surface area contributed by atoms with Gasteiger partial charge in [-0.3, -0.25) is 9.53 Å². The van der Waals surface area contributed by atoms with Crippen molar-refractivity contribution in [3.63, 3.8) is 0 Å². The molecule has 1 aromatic carbocycles.